The van der Waals surface area contributed by atoms with E-state index in [1.165, 1.54) is 33.4 Å². The Bertz CT molecular complexity index is 1790. The second-order valence-electron chi connectivity index (χ2n) is 10.6. The maximum absolute atomic E-state index is 5.40. The summed E-state index contributed by atoms with van der Waals surface area (Å²) in [7, 11) is 0. The molecule has 0 spiro atoms. The van der Waals surface area contributed by atoms with E-state index >= 15 is 0 Å². The third-order valence-corrected chi connectivity index (χ3v) is 8.55. The molecule has 0 atom stereocenters. The number of hydrogen-bond acceptors (Lipinski definition) is 2. The van der Waals surface area contributed by atoms with Gasteiger partial charge in [-0.1, -0.05) is 127 Å². The van der Waals surface area contributed by atoms with Crippen molar-refractivity contribution in [3.05, 3.63) is 168 Å². The van der Waals surface area contributed by atoms with Crippen molar-refractivity contribution in [1.82, 2.24) is 9.97 Å². The van der Waals surface area contributed by atoms with E-state index in [4.69, 9.17) is 9.97 Å². The van der Waals surface area contributed by atoms with Crippen molar-refractivity contribution < 1.29 is 0 Å². The van der Waals surface area contributed by atoms with Gasteiger partial charge in [0.05, 0.1) is 16.8 Å². The molecule has 2 bridgehead atoms. The summed E-state index contributed by atoms with van der Waals surface area (Å²) in [5.74, 6) is 1.27. The normalized spacial score (nSPS) is 18.5. The van der Waals surface area contributed by atoms with Gasteiger partial charge >= 0.3 is 0 Å². The van der Waals surface area contributed by atoms with E-state index in [2.05, 4.69) is 140 Å². The lowest BCUT2D eigenvalue weighted by molar-refractivity contribution is 0.591. The van der Waals surface area contributed by atoms with E-state index in [0.717, 1.165) is 34.8 Å². The van der Waals surface area contributed by atoms with Gasteiger partial charge < -0.3 is 0 Å². The Morgan fingerprint density at radius 3 is 1.64 bits per heavy atom. The smallest absolute Gasteiger partial charge is 0.144 e. The van der Waals surface area contributed by atoms with Crippen LogP contribution in [-0.4, -0.2) is 9.97 Å². The van der Waals surface area contributed by atoms with Crippen molar-refractivity contribution in [2.45, 2.75) is 17.8 Å². The standard InChI is InChI=1S/C37H26N2/c1-3-12-25(13-4-1)27-16-11-17-28(22-27)35-23-34(26-14-5-2-6-15-26)38-36(39-35)37-24-31(29-18-7-9-20-32(29)37)30-19-8-10-21-33(30)37/h1-23,31H,24H2. The lowest BCUT2D eigenvalue weighted by atomic mass is 9.74. The first-order valence-corrected chi connectivity index (χ1v) is 13.6. The number of rotatable bonds is 4. The molecule has 2 aliphatic rings. The third kappa shape index (κ3) is 3.35. The molecule has 0 fully saturated rings. The highest BCUT2D eigenvalue weighted by Crippen LogP contribution is 2.62. The third-order valence-electron chi connectivity index (χ3n) is 8.55. The molecule has 6 aromatic rings. The molecule has 39 heavy (non-hydrogen) atoms. The van der Waals surface area contributed by atoms with Crippen molar-refractivity contribution in [3.63, 3.8) is 0 Å². The van der Waals surface area contributed by atoms with Gasteiger partial charge in [0.25, 0.3) is 0 Å². The summed E-state index contributed by atoms with van der Waals surface area (Å²) in [6.45, 7) is 0. The van der Waals surface area contributed by atoms with E-state index in [-0.39, 0.29) is 5.41 Å². The van der Waals surface area contributed by atoms with Crippen LogP contribution < -0.4 is 0 Å². The van der Waals surface area contributed by atoms with Gasteiger partial charge in [-0.2, -0.15) is 0 Å². The Kier molecular flexibility index (Phi) is 4.90. The number of benzene rings is 5. The number of nitrogens with zero attached hydrogens (tertiary/aromatic N) is 2. The van der Waals surface area contributed by atoms with Crippen molar-refractivity contribution in [2.24, 2.45) is 0 Å². The van der Waals surface area contributed by atoms with Gasteiger partial charge in [-0.25, -0.2) is 9.97 Å². The zero-order valence-corrected chi connectivity index (χ0v) is 21.5. The summed E-state index contributed by atoms with van der Waals surface area (Å²) in [4.78, 5) is 10.8. The molecule has 2 aliphatic carbocycles. The summed E-state index contributed by atoms with van der Waals surface area (Å²) in [6, 6.07) is 49.7. The molecule has 0 aliphatic heterocycles. The lowest BCUT2D eigenvalue weighted by Crippen LogP contribution is -2.28. The Hall–Kier alpha value is -4.82. The lowest BCUT2D eigenvalue weighted by Gasteiger charge is -2.30. The first-order valence-electron chi connectivity index (χ1n) is 13.6. The Balaban J connectivity index is 1.38. The van der Waals surface area contributed by atoms with Crippen LogP contribution in [0.25, 0.3) is 33.6 Å². The molecular weight excluding hydrogens is 472 g/mol. The molecular formula is C37H26N2. The van der Waals surface area contributed by atoms with Crippen molar-refractivity contribution in [2.75, 3.05) is 0 Å². The molecule has 1 aromatic heterocycles. The van der Waals surface area contributed by atoms with E-state index in [1.807, 2.05) is 0 Å². The highest BCUT2D eigenvalue weighted by Gasteiger charge is 2.55. The van der Waals surface area contributed by atoms with Crippen LogP contribution in [0, 0.1) is 0 Å². The van der Waals surface area contributed by atoms with Gasteiger partial charge in [0.15, 0.2) is 0 Å². The average molecular weight is 499 g/mol. The van der Waals surface area contributed by atoms with Crippen LogP contribution >= 0.6 is 0 Å². The van der Waals surface area contributed by atoms with Gasteiger partial charge in [-0.15, -0.1) is 0 Å². The highest BCUT2D eigenvalue weighted by molar-refractivity contribution is 5.75. The minimum atomic E-state index is -0.353. The maximum atomic E-state index is 5.40. The Morgan fingerprint density at radius 2 is 0.974 bits per heavy atom. The van der Waals surface area contributed by atoms with Crippen molar-refractivity contribution in [1.29, 1.82) is 0 Å². The molecule has 1 heterocycles. The molecule has 0 unspecified atom stereocenters. The predicted octanol–water partition coefficient (Wildman–Crippen LogP) is 8.66. The molecule has 2 heteroatoms. The average Bonchev–Trinajstić information content (AvgIpc) is 3.56. The largest absolute Gasteiger partial charge is 0.232 e. The van der Waals surface area contributed by atoms with Gasteiger partial charge in [0, 0.05) is 17.0 Å². The summed E-state index contributed by atoms with van der Waals surface area (Å²) < 4.78 is 0. The first kappa shape index (κ1) is 22.2. The van der Waals surface area contributed by atoms with Crippen LogP contribution in [0.1, 0.15) is 40.4 Å². The number of hydrogen-bond donors (Lipinski definition) is 0. The van der Waals surface area contributed by atoms with E-state index in [0.29, 0.717) is 5.92 Å². The van der Waals surface area contributed by atoms with E-state index in [1.54, 1.807) is 0 Å². The van der Waals surface area contributed by atoms with Crippen LogP contribution in [0.5, 0.6) is 0 Å². The zero-order valence-electron chi connectivity index (χ0n) is 21.5. The zero-order chi connectivity index (χ0) is 25.8. The van der Waals surface area contributed by atoms with Crippen molar-refractivity contribution >= 4 is 0 Å². The van der Waals surface area contributed by atoms with E-state index < -0.39 is 0 Å². The Labute approximate surface area is 228 Å². The number of fused-ring (bicyclic) bond motifs is 8. The molecule has 0 saturated heterocycles. The molecule has 2 nitrogen and oxygen atoms in total. The monoisotopic (exact) mass is 498 g/mol. The van der Waals surface area contributed by atoms with Crippen LogP contribution in [0.15, 0.2) is 140 Å². The summed E-state index contributed by atoms with van der Waals surface area (Å²) in [6.07, 6.45) is 0.980. The summed E-state index contributed by atoms with van der Waals surface area (Å²) >= 11 is 0. The Morgan fingerprint density at radius 1 is 0.462 bits per heavy atom. The molecule has 8 rings (SSSR count). The SMILES string of the molecule is c1ccc(-c2cccc(-c3cc(-c4ccccc4)nc(C45CC(c6ccccc64)c4ccccc45)n3)c2)cc1. The fourth-order valence-corrected chi connectivity index (χ4v) is 6.80. The quantitative estimate of drug-likeness (QED) is 0.243. The van der Waals surface area contributed by atoms with Gasteiger partial charge in [-0.05, 0) is 51.9 Å². The molecule has 0 radical (unpaired) electrons. The molecule has 5 aromatic carbocycles. The fraction of sp³-hybridized carbons (Fsp3) is 0.0811. The molecule has 0 saturated carbocycles. The van der Waals surface area contributed by atoms with Crippen LogP contribution in [0.3, 0.4) is 0 Å². The number of aromatic nitrogens is 2. The molecule has 184 valence electrons. The van der Waals surface area contributed by atoms with Gasteiger partial charge in [-0.3, -0.25) is 0 Å². The maximum Gasteiger partial charge on any atom is 0.144 e. The predicted molar refractivity (Wildman–Crippen MR) is 158 cm³/mol. The summed E-state index contributed by atoms with van der Waals surface area (Å²) in [5, 5.41) is 0. The second-order valence-corrected chi connectivity index (χ2v) is 10.6. The molecule has 0 amide bonds. The minimum Gasteiger partial charge on any atom is -0.232 e. The highest BCUT2D eigenvalue weighted by atomic mass is 14.9. The topological polar surface area (TPSA) is 25.8 Å². The molecule has 0 N–H and O–H groups in total. The van der Waals surface area contributed by atoms with Gasteiger partial charge in [0.2, 0.25) is 0 Å². The van der Waals surface area contributed by atoms with Gasteiger partial charge in [0.1, 0.15) is 5.82 Å². The van der Waals surface area contributed by atoms with Crippen LogP contribution in [-0.2, 0) is 5.41 Å². The van der Waals surface area contributed by atoms with Crippen LogP contribution in [0.2, 0.25) is 0 Å². The van der Waals surface area contributed by atoms with Crippen LogP contribution in [0.4, 0.5) is 0 Å². The van der Waals surface area contributed by atoms with E-state index in [9.17, 15) is 0 Å². The summed E-state index contributed by atoms with van der Waals surface area (Å²) in [5.41, 5.74) is 11.7. The first-order chi connectivity index (χ1) is 19.3. The fourth-order valence-electron chi connectivity index (χ4n) is 6.80. The second kappa shape index (κ2) is 8.61. The van der Waals surface area contributed by atoms with Crippen molar-refractivity contribution in [3.8, 4) is 33.6 Å². The minimum absolute atomic E-state index is 0.353.